The average Bonchev–Trinajstić information content (AvgIpc) is 2.29. The van der Waals surface area contributed by atoms with Crippen LogP contribution < -0.4 is 9.61 Å². The van der Waals surface area contributed by atoms with Gasteiger partial charge in [0.15, 0.2) is 8.30 Å². The molecule has 0 aliphatic carbocycles. The highest BCUT2D eigenvalue weighted by Crippen LogP contribution is 2.30. The summed E-state index contributed by atoms with van der Waals surface area (Å²) >= 11 is 5.74. The van der Waals surface area contributed by atoms with Gasteiger partial charge in [0.1, 0.15) is 12.3 Å². The van der Waals surface area contributed by atoms with Crippen molar-refractivity contribution in [2.75, 3.05) is 20.3 Å². The summed E-state index contributed by atoms with van der Waals surface area (Å²) in [5.74, 6) is 0.407. The third-order valence-corrected chi connectivity index (χ3v) is 3.07. The lowest BCUT2D eigenvalue weighted by Crippen LogP contribution is -2.20. The molecule has 1 atom stereocenters. The van der Waals surface area contributed by atoms with E-state index in [9.17, 15) is 4.79 Å². The van der Waals surface area contributed by atoms with Gasteiger partial charge in [0.2, 0.25) is 0 Å². The van der Waals surface area contributed by atoms with Crippen LogP contribution in [0.25, 0.3) is 0 Å². The van der Waals surface area contributed by atoms with Crippen LogP contribution >= 0.6 is 19.9 Å². The molecule has 0 aromatic heterocycles. The van der Waals surface area contributed by atoms with Crippen molar-refractivity contribution in [3.05, 3.63) is 29.3 Å². The number of rotatable bonds is 5. The fourth-order valence-electron chi connectivity index (χ4n) is 0.934. The zero-order valence-corrected chi connectivity index (χ0v) is 10.7. The average molecular weight is 262 g/mol. The fourth-order valence-corrected chi connectivity index (χ4v) is 1.91. The fraction of sp³-hybridized carbons (Fsp3) is 0.300. The van der Waals surface area contributed by atoms with Crippen LogP contribution in [0.15, 0.2) is 24.3 Å². The first-order chi connectivity index (χ1) is 7.61. The van der Waals surface area contributed by atoms with Gasteiger partial charge < -0.3 is 9.26 Å². The molecule has 88 valence electrons. The van der Waals surface area contributed by atoms with Gasteiger partial charge in [-0.25, -0.2) is 0 Å². The van der Waals surface area contributed by atoms with Crippen molar-refractivity contribution in [3.63, 3.8) is 0 Å². The Morgan fingerprint density at radius 3 is 2.62 bits per heavy atom. The van der Waals surface area contributed by atoms with Crippen LogP contribution in [-0.2, 0) is 9.53 Å². The standard InChI is InChI=1S/C10H13ClNO3P/c1-14-10(13)7-12-16(2)15-9-5-3-8(11)4-6-9/h3-6,12H,7H2,1-2H3. The molecular weight excluding hydrogens is 249 g/mol. The predicted molar refractivity (Wildman–Crippen MR) is 64.9 cm³/mol. The highest BCUT2D eigenvalue weighted by molar-refractivity contribution is 7.49. The van der Waals surface area contributed by atoms with Crippen LogP contribution in [0.3, 0.4) is 0 Å². The topological polar surface area (TPSA) is 47.6 Å². The number of carbonyl (C=O) groups is 1. The number of hydrogen-bond acceptors (Lipinski definition) is 4. The van der Waals surface area contributed by atoms with Gasteiger partial charge in [-0.3, -0.25) is 9.88 Å². The molecule has 0 spiro atoms. The Labute approximate surface area is 101 Å². The Balaban J connectivity index is 2.36. The van der Waals surface area contributed by atoms with Gasteiger partial charge in [-0.05, 0) is 24.3 Å². The van der Waals surface area contributed by atoms with E-state index in [0.717, 1.165) is 5.75 Å². The summed E-state index contributed by atoms with van der Waals surface area (Å²) in [5, 5.41) is 3.59. The van der Waals surface area contributed by atoms with Crippen LogP contribution in [0.5, 0.6) is 5.75 Å². The lowest BCUT2D eigenvalue weighted by atomic mass is 10.3. The molecule has 0 amide bonds. The Kier molecular flexibility index (Phi) is 5.53. The largest absolute Gasteiger partial charge is 0.468 e. The summed E-state index contributed by atoms with van der Waals surface area (Å²) in [6, 6.07) is 7.06. The van der Waals surface area contributed by atoms with E-state index in [2.05, 4.69) is 9.82 Å². The third-order valence-electron chi connectivity index (χ3n) is 1.73. The van der Waals surface area contributed by atoms with E-state index in [1.54, 1.807) is 24.3 Å². The SMILES string of the molecule is COC(=O)CNP(C)Oc1ccc(Cl)cc1. The Bertz CT molecular complexity index is 344. The Morgan fingerprint density at radius 2 is 2.06 bits per heavy atom. The minimum absolute atomic E-state index is 0.145. The van der Waals surface area contributed by atoms with Crippen molar-refractivity contribution >= 4 is 25.9 Å². The number of ether oxygens (including phenoxy) is 1. The molecule has 4 nitrogen and oxygen atoms in total. The predicted octanol–water partition coefficient (Wildman–Crippen LogP) is 2.42. The summed E-state index contributed by atoms with van der Waals surface area (Å²) in [6.45, 7) is 2.01. The molecule has 1 rings (SSSR count). The molecule has 0 radical (unpaired) electrons. The van der Waals surface area contributed by atoms with E-state index in [0.29, 0.717) is 5.02 Å². The lowest BCUT2D eigenvalue weighted by Gasteiger charge is -2.14. The molecule has 0 fully saturated rings. The lowest BCUT2D eigenvalue weighted by molar-refractivity contribution is -0.139. The van der Waals surface area contributed by atoms with Crippen LogP contribution in [0.1, 0.15) is 0 Å². The van der Waals surface area contributed by atoms with Crippen LogP contribution in [0, 0.1) is 0 Å². The van der Waals surface area contributed by atoms with E-state index in [1.165, 1.54) is 7.11 Å². The van der Waals surface area contributed by atoms with Crippen molar-refractivity contribution in [2.45, 2.75) is 0 Å². The summed E-state index contributed by atoms with van der Waals surface area (Å²) in [7, 11) is 0.451. The molecule has 6 heteroatoms. The highest BCUT2D eigenvalue weighted by Gasteiger charge is 2.07. The molecule has 0 saturated heterocycles. The maximum absolute atomic E-state index is 10.9. The summed E-state index contributed by atoms with van der Waals surface area (Å²) in [4.78, 5) is 10.9. The highest BCUT2D eigenvalue weighted by atomic mass is 35.5. The first-order valence-corrected chi connectivity index (χ1v) is 6.68. The number of halogens is 1. The van der Waals surface area contributed by atoms with E-state index >= 15 is 0 Å². The summed E-state index contributed by atoms with van der Waals surface area (Å²) in [5.41, 5.74) is 0. The minimum Gasteiger partial charge on any atom is -0.468 e. The molecule has 1 aromatic carbocycles. The summed E-state index contributed by atoms with van der Waals surface area (Å²) < 4.78 is 10.1. The molecule has 0 bridgehead atoms. The van der Waals surface area contributed by atoms with Crippen molar-refractivity contribution < 1.29 is 14.1 Å². The second kappa shape index (κ2) is 6.69. The summed E-state index contributed by atoms with van der Waals surface area (Å²) in [6.07, 6.45) is 0. The van der Waals surface area contributed by atoms with Crippen molar-refractivity contribution in [1.82, 2.24) is 5.09 Å². The Morgan fingerprint density at radius 1 is 1.44 bits per heavy atom. The molecule has 0 heterocycles. The van der Waals surface area contributed by atoms with Gasteiger partial charge in [-0.2, -0.15) is 0 Å². The molecule has 0 aliphatic rings. The van der Waals surface area contributed by atoms with Crippen LogP contribution in [-0.4, -0.2) is 26.3 Å². The van der Waals surface area contributed by atoms with E-state index in [4.69, 9.17) is 16.1 Å². The number of carbonyl (C=O) groups excluding carboxylic acids is 1. The van der Waals surface area contributed by atoms with E-state index in [-0.39, 0.29) is 12.5 Å². The molecule has 1 N–H and O–H groups in total. The quantitative estimate of drug-likeness (QED) is 0.653. The van der Waals surface area contributed by atoms with Gasteiger partial charge >= 0.3 is 5.97 Å². The molecule has 0 saturated carbocycles. The van der Waals surface area contributed by atoms with Gasteiger partial charge in [0.25, 0.3) is 0 Å². The first kappa shape index (κ1) is 13.2. The molecule has 1 aromatic rings. The molecule has 1 unspecified atom stereocenters. The number of methoxy groups -OCH3 is 1. The zero-order valence-electron chi connectivity index (χ0n) is 9.07. The van der Waals surface area contributed by atoms with E-state index < -0.39 is 8.30 Å². The number of nitrogens with one attached hydrogen (secondary N) is 1. The number of hydrogen-bond donors (Lipinski definition) is 1. The van der Waals surface area contributed by atoms with Gasteiger partial charge in [-0.1, -0.05) is 11.6 Å². The van der Waals surface area contributed by atoms with Gasteiger partial charge in [0.05, 0.1) is 7.11 Å². The third kappa shape index (κ3) is 4.79. The second-order valence-corrected chi connectivity index (χ2v) is 4.88. The zero-order chi connectivity index (χ0) is 12.0. The van der Waals surface area contributed by atoms with Gasteiger partial charge in [-0.15, -0.1) is 0 Å². The smallest absolute Gasteiger partial charge is 0.320 e. The van der Waals surface area contributed by atoms with E-state index in [1.807, 2.05) is 6.66 Å². The first-order valence-electron chi connectivity index (χ1n) is 4.59. The van der Waals surface area contributed by atoms with Crippen molar-refractivity contribution in [2.24, 2.45) is 0 Å². The minimum atomic E-state index is -0.899. The second-order valence-electron chi connectivity index (χ2n) is 2.95. The monoisotopic (exact) mass is 261 g/mol. The molecular formula is C10H13ClNO3P. The number of esters is 1. The van der Waals surface area contributed by atoms with Crippen LogP contribution in [0.2, 0.25) is 5.02 Å². The van der Waals surface area contributed by atoms with Crippen molar-refractivity contribution in [1.29, 1.82) is 0 Å². The maximum atomic E-state index is 10.9. The van der Waals surface area contributed by atoms with Crippen molar-refractivity contribution in [3.8, 4) is 5.75 Å². The normalized spacial score (nSPS) is 11.9. The van der Waals surface area contributed by atoms with Crippen LogP contribution in [0.4, 0.5) is 0 Å². The van der Waals surface area contributed by atoms with Gasteiger partial charge in [0, 0.05) is 11.7 Å². The number of benzene rings is 1. The molecule has 0 aliphatic heterocycles. The molecule has 16 heavy (non-hydrogen) atoms. The Hall–Kier alpha value is -0.830. The maximum Gasteiger partial charge on any atom is 0.320 e.